The second-order valence-electron chi connectivity index (χ2n) is 7.67. The number of aromatic nitrogens is 1. The van der Waals surface area contributed by atoms with E-state index in [0.717, 1.165) is 30.0 Å². The van der Waals surface area contributed by atoms with Crippen molar-refractivity contribution in [3.63, 3.8) is 0 Å². The molecule has 2 heterocycles. The van der Waals surface area contributed by atoms with E-state index in [-0.39, 0.29) is 5.91 Å². The van der Waals surface area contributed by atoms with Crippen LogP contribution in [0.15, 0.2) is 41.4 Å². The van der Waals surface area contributed by atoms with Gasteiger partial charge in [-0.05, 0) is 55.6 Å². The van der Waals surface area contributed by atoms with Gasteiger partial charge in [0.1, 0.15) is 10.7 Å². The summed E-state index contributed by atoms with van der Waals surface area (Å²) in [4.78, 5) is 19.8. The van der Waals surface area contributed by atoms with Gasteiger partial charge in [0.15, 0.2) is 0 Å². The summed E-state index contributed by atoms with van der Waals surface area (Å²) in [5, 5.41) is 2.86. The van der Waals surface area contributed by atoms with Crippen LogP contribution >= 0.6 is 11.3 Å². The molecule has 1 aliphatic heterocycles. The Bertz CT molecular complexity index is 836. The van der Waals surface area contributed by atoms with Gasteiger partial charge >= 0.3 is 0 Å². The van der Waals surface area contributed by atoms with Crippen LogP contribution in [0.4, 0.5) is 0 Å². The van der Waals surface area contributed by atoms with Crippen LogP contribution in [0.2, 0.25) is 0 Å². The van der Waals surface area contributed by atoms with E-state index >= 15 is 0 Å². The van der Waals surface area contributed by atoms with Crippen molar-refractivity contribution in [1.29, 1.82) is 0 Å². The molecule has 136 valence electrons. The van der Waals surface area contributed by atoms with Crippen LogP contribution in [0.25, 0.3) is 10.6 Å². The number of rotatable bonds is 3. The molecule has 1 amide bonds. The van der Waals surface area contributed by atoms with Gasteiger partial charge in [0.2, 0.25) is 0 Å². The maximum Gasteiger partial charge on any atom is 0.277 e. The van der Waals surface area contributed by atoms with Gasteiger partial charge in [-0.1, -0.05) is 38.1 Å². The molecular formula is C22H26N2OS. The summed E-state index contributed by atoms with van der Waals surface area (Å²) < 4.78 is 0. The predicted molar refractivity (Wildman–Crippen MR) is 107 cm³/mol. The number of likely N-dealkylation sites (tertiary alicyclic amines) is 1. The third-order valence-electron chi connectivity index (χ3n) is 5.54. The standard InChI is InChI=1S/C22H26N2OS/c1-15(2)17-8-5-9-18(13-17)21-23-19(14-26-21)22(25)24-12-6-10-16-7-3-4-11-20(16)24/h5,8-9,11,13-16H,3-4,6-7,10,12H2,1-2H3. The minimum Gasteiger partial charge on any atom is -0.311 e. The minimum atomic E-state index is 0.0744. The zero-order valence-electron chi connectivity index (χ0n) is 15.6. The third kappa shape index (κ3) is 3.35. The van der Waals surface area contributed by atoms with E-state index in [1.807, 2.05) is 10.3 Å². The molecule has 1 saturated heterocycles. The lowest BCUT2D eigenvalue weighted by Gasteiger charge is -2.37. The minimum absolute atomic E-state index is 0.0744. The predicted octanol–water partition coefficient (Wildman–Crippen LogP) is 5.85. The molecule has 4 heteroatoms. The summed E-state index contributed by atoms with van der Waals surface area (Å²) in [6, 6.07) is 8.50. The van der Waals surface area contributed by atoms with Gasteiger partial charge in [-0.25, -0.2) is 4.98 Å². The van der Waals surface area contributed by atoms with E-state index in [1.54, 1.807) is 11.3 Å². The van der Waals surface area contributed by atoms with Crippen LogP contribution in [-0.4, -0.2) is 22.3 Å². The van der Waals surface area contributed by atoms with Crippen LogP contribution in [0.5, 0.6) is 0 Å². The number of benzene rings is 1. The number of allylic oxidation sites excluding steroid dienone is 2. The smallest absolute Gasteiger partial charge is 0.277 e. The molecule has 1 aliphatic carbocycles. The number of piperidine rings is 1. The zero-order valence-corrected chi connectivity index (χ0v) is 16.4. The number of carbonyl (C=O) groups is 1. The Balaban J connectivity index is 1.59. The fourth-order valence-corrected chi connectivity index (χ4v) is 4.86. The summed E-state index contributed by atoms with van der Waals surface area (Å²) in [7, 11) is 0. The number of fused-ring (bicyclic) bond motifs is 1. The quantitative estimate of drug-likeness (QED) is 0.682. The molecule has 1 aromatic heterocycles. The van der Waals surface area contributed by atoms with Crippen molar-refractivity contribution in [2.75, 3.05) is 6.54 Å². The van der Waals surface area contributed by atoms with Gasteiger partial charge in [0.05, 0.1) is 0 Å². The first-order valence-electron chi connectivity index (χ1n) is 9.71. The van der Waals surface area contributed by atoms with Crippen LogP contribution < -0.4 is 0 Å². The third-order valence-corrected chi connectivity index (χ3v) is 6.43. The average molecular weight is 367 g/mol. The van der Waals surface area contributed by atoms with Crippen molar-refractivity contribution < 1.29 is 4.79 Å². The van der Waals surface area contributed by atoms with E-state index in [2.05, 4.69) is 44.2 Å². The fraction of sp³-hybridized carbons (Fsp3) is 0.455. The Labute approximate surface area is 159 Å². The van der Waals surface area contributed by atoms with E-state index in [1.165, 1.54) is 30.5 Å². The van der Waals surface area contributed by atoms with Crippen molar-refractivity contribution >= 4 is 17.2 Å². The largest absolute Gasteiger partial charge is 0.311 e. The van der Waals surface area contributed by atoms with Gasteiger partial charge in [0.25, 0.3) is 5.91 Å². The Morgan fingerprint density at radius 2 is 2.12 bits per heavy atom. The lowest BCUT2D eigenvalue weighted by molar-refractivity contribution is 0.0744. The van der Waals surface area contributed by atoms with E-state index in [4.69, 9.17) is 4.98 Å². The highest BCUT2D eigenvalue weighted by molar-refractivity contribution is 7.13. The first-order chi connectivity index (χ1) is 12.6. The Morgan fingerprint density at radius 1 is 1.27 bits per heavy atom. The SMILES string of the molecule is CC(C)c1cccc(-c2nc(C(=O)N3CCCC4CCCC=C43)cs2)c1. The second kappa shape index (κ2) is 7.36. The Kier molecular flexibility index (Phi) is 4.94. The molecule has 0 saturated carbocycles. The van der Waals surface area contributed by atoms with Crippen molar-refractivity contribution in [1.82, 2.24) is 9.88 Å². The molecule has 0 spiro atoms. The molecule has 2 aliphatic rings. The van der Waals surface area contributed by atoms with Crippen LogP contribution in [0.1, 0.15) is 67.9 Å². The molecule has 0 radical (unpaired) electrons. The molecular weight excluding hydrogens is 340 g/mol. The zero-order chi connectivity index (χ0) is 18.1. The maximum absolute atomic E-state index is 13.1. The fourth-order valence-electron chi connectivity index (χ4n) is 4.07. The molecule has 0 N–H and O–H groups in total. The van der Waals surface area contributed by atoms with Crippen molar-refractivity contribution in [3.8, 4) is 10.6 Å². The summed E-state index contributed by atoms with van der Waals surface area (Å²) in [5.41, 5.74) is 4.25. The van der Waals surface area contributed by atoms with Crippen LogP contribution in [0.3, 0.4) is 0 Å². The van der Waals surface area contributed by atoms with E-state index in [9.17, 15) is 4.79 Å². The number of amides is 1. The molecule has 0 bridgehead atoms. The lowest BCUT2D eigenvalue weighted by Crippen LogP contribution is -2.39. The summed E-state index contributed by atoms with van der Waals surface area (Å²) in [6.45, 7) is 5.22. The average Bonchev–Trinajstić information content (AvgIpc) is 3.17. The molecule has 4 rings (SSSR count). The number of hydrogen-bond acceptors (Lipinski definition) is 3. The number of carbonyl (C=O) groups excluding carboxylic acids is 1. The highest BCUT2D eigenvalue weighted by atomic mass is 32.1. The summed E-state index contributed by atoms with van der Waals surface area (Å²) >= 11 is 1.57. The molecule has 1 fully saturated rings. The Hall–Kier alpha value is -1.94. The lowest BCUT2D eigenvalue weighted by atomic mass is 9.85. The molecule has 26 heavy (non-hydrogen) atoms. The van der Waals surface area contributed by atoms with Crippen molar-refractivity contribution in [2.24, 2.45) is 5.92 Å². The topological polar surface area (TPSA) is 33.2 Å². The van der Waals surface area contributed by atoms with Gasteiger partial charge < -0.3 is 4.90 Å². The maximum atomic E-state index is 13.1. The number of nitrogens with zero attached hydrogens (tertiary/aromatic N) is 2. The molecule has 1 unspecified atom stereocenters. The van der Waals surface area contributed by atoms with Gasteiger partial charge in [-0.2, -0.15) is 0 Å². The molecule has 2 aromatic rings. The first-order valence-corrected chi connectivity index (χ1v) is 10.6. The number of hydrogen-bond donors (Lipinski definition) is 0. The van der Waals surface area contributed by atoms with Gasteiger partial charge in [-0.3, -0.25) is 4.79 Å². The van der Waals surface area contributed by atoms with E-state index < -0.39 is 0 Å². The van der Waals surface area contributed by atoms with Crippen molar-refractivity contribution in [3.05, 3.63) is 52.7 Å². The highest BCUT2D eigenvalue weighted by Crippen LogP contribution is 2.36. The number of thiazole rings is 1. The first kappa shape index (κ1) is 17.5. The molecule has 1 aromatic carbocycles. The Morgan fingerprint density at radius 3 is 2.96 bits per heavy atom. The summed E-state index contributed by atoms with van der Waals surface area (Å²) in [5.74, 6) is 1.13. The molecule has 3 nitrogen and oxygen atoms in total. The highest BCUT2D eigenvalue weighted by Gasteiger charge is 2.31. The van der Waals surface area contributed by atoms with Crippen LogP contribution in [-0.2, 0) is 0 Å². The van der Waals surface area contributed by atoms with Gasteiger partial charge in [0, 0.05) is 23.2 Å². The summed E-state index contributed by atoms with van der Waals surface area (Å²) in [6.07, 6.45) is 8.18. The molecule has 1 atom stereocenters. The van der Waals surface area contributed by atoms with Crippen LogP contribution in [0, 0.1) is 5.92 Å². The monoisotopic (exact) mass is 366 g/mol. The van der Waals surface area contributed by atoms with Gasteiger partial charge in [-0.15, -0.1) is 11.3 Å². The second-order valence-corrected chi connectivity index (χ2v) is 8.53. The normalized spacial score (nSPS) is 20.0. The van der Waals surface area contributed by atoms with Crippen molar-refractivity contribution in [2.45, 2.75) is 51.9 Å². The van der Waals surface area contributed by atoms with E-state index in [0.29, 0.717) is 17.5 Å².